The van der Waals surface area contributed by atoms with Crippen molar-refractivity contribution in [3.05, 3.63) is 55.0 Å². The molecule has 2 aromatic heterocycles. The molecule has 166 valence electrons. The van der Waals surface area contributed by atoms with E-state index in [1.807, 2.05) is 24.3 Å². The maximum atomic E-state index is 12.8. The van der Waals surface area contributed by atoms with Crippen LogP contribution in [-0.4, -0.2) is 66.3 Å². The van der Waals surface area contributed by atoms with Gasteiger partial charge in [-0.15, -0.1) is 0 Å². The smallest absolute Gasteiger partial charge is 0.322 e. The minimum Gasteiger partial charge on any atom is -0.493 e. The number of methoxy groups -OCH3 is 2. The lowest BCUT2D eigenvalue weighted by atomic mass is 10.2. The van der Waals surface area contributed by atoms with Gasteiger partial charge in [0.1, 0.15) is 23.8 Å². The molecule has 2 N–H and O–H groups in total. The number of hydrogen-bond donors (Lipinski definition) is 2. The predicted molar refractivity (Wildman–Crippen MR) is 122 cm³/mol. The minimum atomic E-state index is -0.184. The average molecular weight is 435 g/mol. The Balaban J connectivity index is 1.36. The second-order valence-corrected chi connectivity index (χ2v) is 7.05. The zero-order chi connectivity index (χ0) is 22.3. The zero-order valence-electron chi connectivity index (χ0n) is 18.0. The number of nitrogens with zero attached hydrogens (tertiary/aromatic N) is 5. The Hall–Kier alpha value is -4.08. The monoisotopic (exact) mass is 435 g/mol. The molecule has 1 aliphatic heterocycles. The molecule has 2 amide bonds. The summed E-state index contributed by atoms with van der Waals surface area (Å²) in [6.07, 6.45) is 3.24. The van der Waals surface area contributed by atoms with E-state index in [-0.39, 0.29) is 6.03 Å². The molecule has 0 saturated carbocycles. The summed E-state index contributed by atoms with van der Waals surface area (Å²) < 4.78 is 10.7. The molecule has 1 fully saturated rings. The van der Waals surface area contributed by atoms with Crippen LogP contribution in [0.4, 0.5) is 27.9 Å². The van der Waals surface area contributed by atoms with Gasteiger partial charge in [0, 0.05) is 38.4 Å². The van der Waals surface area contributed by atoms with E-state index in [4.69, 9.17) is 9.47 Å². The molecule has 1 aromatic carbocycles. The second-order valence-electron chi connectivity index (χ2n) is 7.05. The fraction of sp³-hybridized carbons (Fsp3) is 0.273. The van der Waals surface area contributed by atoms with E-state index in [1.165, 1.54) is 6.33 Å². The molecule has 0 atom stereocenters. The number of anilines is 4. The zero-order valence-corrected chi connectivity index (χ0v) is 18.0. The predicted octanol–water partition coefficient (Wildman–Crippen LogP) is 2.99. The Morgan fingerprint density at radius 1 is 0.938 bits per heavy atom. The molecule has 3 heterocycles. The highest BCUT2D eigenvalue weighted by Crippen LogP contribution is 2.34. The van der Waals surface area contributed by atoms with E-state index in [1.54, 1.807) is 43.5 Å². The molecule has 1 aliphatic rings. The number of pyridine rings is 1. The van der Waals surface area contributed by atoms with Gasteiger partial charge in [-0.1, -0.05) is 12.1 Å². The first-order valence-electron chi connectivity index (χ1n) is 10.2. The van der Waals surface area contributed by atoms with Gasteiger partial charge in [0.05, 0.1) is 19.9 Å². The molecule has 3 aromatic rings. The fourth-order valence-electron chi connectivity index (χ4n) is 3.47. The van der Waals surface area contributed by atoms with Crippen LogP contribution in [0, 0.1) is 0 Å². The molecular formula is C22H25N7O3. The number of hydrogen-bond acceptors (Lipinski definition) is 8. The quantitative estimate of drug-likeness (QED) is 0.609. The maximum Gasteiger partial charge on any atom is 0.322 e. The van der Waals surface area contributed by atoms with Gasteiger partial charge in [0.2, 0.25) is 0 Å². The van der Waals surface area contributed by atoms with Crippen LogP contribution in [-0.2, 0) is 0 Å². The number of rotatable bonds is 6. The molecule has 0 aliphatic carbocycles. The summed E-state index contributed by atoms with van der Waals surface area (Å²) in [7, 11) is 3.11. The van der Waals surface area contributed by atoms with Crippen LogP contribution < -0.4 is 25.0 Å². The largest absolute Gasteiger partial charge is 0.493 e. The highest BCUT2D eigenvalue weighted by atomic mass is 16.5. The number of nitrogens with one attached hydrogen (secondary N) is 2. The van der Waals surface area contributed by atoms with Crippen molar-refractivity contribution in [1.82, 2.24) is 19.9 Å². The van der Waals surface area contributed by atoms with Crippen LogP contribution in [0.1, 0.15) is 0 Å². The SMILES string of the molecule is COc1cccc(NC(=O)N2CCN(c3cc(Nc4ccccn4)ncn3)CC2)c1OC. The van der Waals surface area contributed by atoms with E-state index in [2.05, 4.69) is 30.5 Å². The van der Waals surface area contributed by atoms with Crippen LogP contribution in [0.3, 0.4) is 0 Å². The molecule has 0 unspecified atom stereocenters. The summed E-state index contributed by atoms with van der Waals surface area (Å²) in [5, 5.41) is 6.09. The number of amides is 2. The molecule has 0 spiro atoms. The number of benzene rings is 1. The number of aromatic nitrogens is 3. The molecule has 0 radical (unpaired) electrons. The summed E-state index contributed by atoms with van der Waals surface area (Å²) in [5.41, 5.74) is 0.570. The van der Waals surface area contributed by atoms with E-state index in [0.717, 1.165) is 5.82 Å². The van der Waals surface area contributed by atoms with Crippen molar-refractivity contribution in [2.75, 3.05) is 55.9 Å². The number of carbonyl (C=O) groups excluding carboxylic acids is 1. The lowest BCUT2D eigenvalue weighted by molar-refractivity contribution is 0.208. The molecule has 10 nitrogen and oxygen atoms in total. The summed E-state index contributed by atoms with van der Waals surface area (Å²) in [4.78, 5) is 29.6. The normalized spacial score (nSPS) is 13.4. The number of para-hydroxylation sites is 1. The number of ether oxygens (including phenoxy) is 2. The van der Waals surface area contributed by atoms with Crippen molar-refractivity contribution in [2.24, 2.45) is 0 Å². The van der Waals surface area contributed by atoms with E-state index in [9.17, 15) is 4.79 Å². The van der Waals surface area contributed by atoms with Crippen LogP contribution >= 0.6 is 0 Å². The Kier molecular flexibility index (Phi) is 6.49. The number of piperazine rings is 1. The third-order valence-electron chi connectivity index (χ3n) is 5.11. The second kappa shape index (κ2) is 9.82. The van der Waals surface area contributed by atoms with Gasteiger partial charge in [-0.3, -0.25) is 0 Å². The maximum absolute atomic E-state index is 12.8. The van der Waals surface area contributed by atoms with Gasteiger partial charge < -0.3 is 29.9 Å². The molecule has 32 heavy (non-hydrogen) atoms. The van der Waals surface area contributed by atoms with Crippen molar-refractivity contribution >= 4 is 29.2 Å². The lowest BCUT2D eigenvalue weighted by Gasteiger charge is -2.35. The minimum absolute atomic E-state index is 0.184. The van der Waals surface area contributed by atoms with E-state index < -0.39 is 0 Å². The van der Waals surface area contributed by atoms with Crippen molar-refractivity contribution in [3.8, 4) is 11.5 Å². The van der Waals surface area contributed by atoms with Crippen LogP contribution in [0.25, 0.3) is 0 Å². The highest BCUT2D eigenvalue weighted by molar-refractivity contribution is 5.91. The summed E-state index contributed by atoms with van der Waals surface area (Å²) in [6, 6.07) is 12.7. The van der Waals surface area contributed by atoms with Gasteiger partial charge >= 0.3 is 6.03 Å². The fourth-order valence-corrected chi connectivity index (χ4v) is 3.47. The van der Waals surface area contributed by atoms with Gasteiger partial charge in [-0.05, 0) is 24.3 Å². The first-order valence-corrected chi connectivity index (χ1v) is 10.2. The summed E-state index contributed by atoms with van der Waals surface area (Å²) in [6.45, 7) is 2.43. The molecule has 1 saturated heterocycles. The Labute approximate surface area is 186 Å². The third-order valence-corrected chi connectivity index (χ3v) is 5.11. The standard InChI is InChI=1S/C22H25N7O3/c1-31-17-7-5-6-16(21(17)32-2)26-22(30)29-12-10-28(11-13-29)20-14-19(24-15-25-20)27-18-8-3-4-9-23-18/h3-9,14-15H,10-13H2,1-2H3,(H,26,30)(H,23,24,25,27). The van der Waals surface area contributed by atoms with Crippen molar-refractivity contribution in [1.29, 1.82) is 0 Å². The number of carbonyl (C=O) groups is 1. The number of urea groups is 1. The van der Waals surface area contributed by atoms with Gasteiger partial charge in [0.25, 0.3) is 0 Å². The Morgan fingerprint density at radius 2 is 1.78 bits per heavy atom. The molecular weight excluding hydrogens is 410 g/mol. The Bertz CT molecular complexity index is 1060. The molecule has 0 bridgehead atoms. The topological polar surface area (TPSA) is 105 Å². The van der Waals surface area contributed by atoms with Crippen LogP contribution in [0.15, 0.2) is 55.0 Å². The Morgan fingerprint density at radius 3 is 2.50 bits per heavy atom. The van der Waals surface area contributed by atoms with Crippen molar-refractivity contribution < 1.29 is 14.3 Å². The average Bonchev–Trinajstić information content (AvgIpc) is 2.84. The van der Waals surface area contributed by atoms with Crippen LogP contribution in [0.5, 0.6) is 11.5 Å². The van der Waals surface area contributed by atoms with Crippen LogP contribution in [0.2, 0.25) is 0 Å². The van der Waals surface area contributed by atoms with E-state index in [0.29, 0.717) is 55.0 Å². The first-order chi connectivity index (χ1) is 15.7. The molecule has 4 rings (SSSR count). The highest BCUT2D eigenvalue weighted by Gasteiger charge is 2.23. The summed E-state index contributed by atoms with van der Waals surface area (Å²) >= 11 is 0. The van der Waals surface area contributed by atoms with Crippen molar-refractivity contribution in [3.63, 3.8) is 0 Å². The third kappa shape index (κ3) is 4.80. The van der Waals surface area contributed by atoms with Gasteiger partial charge in [-0.25, -0.2) is 19.7 Å². The van der Waals surface area contributed by atoms with Gasteiger partial charge in [-0.2, -0.15) is 0 Å². The lowest BCUT2D eigenvalue weighted by Crippen LogP contribution is -2.50. The van der Waals surface area contributed by atoms with Gasteiger partial charge in [0.15, 0.2) is 11.5 Å². The first kappa shape index (κ1) is 21.2. The van der Waals surface area contributed by atoms with Crippen molar-refractivity contribution in [2.45, 2.75) is 0 Å². The van der Waals surface area contributed by atoms with E-state index >= 15 is 0 Å². The molecule has 10 heteroatoms. The summed E-state index contributed by atoms with van der Waals surface area (Å²) in [5.74, 6) is 3.24.